The third-order valence-electron chi connectivity index (χ3n) is 4.67. The van der Waals surface area contributed by atoms with Crippen molar-refractivity contribution in [2.75, 3.05) is 6.54 Å². The highest BCUT2D eigenvalue weighted by Gasteiger charge is 2.23. The lowest BCUT2D eigenvalue weighted by molar-refractivity contribution is 0.334. The number of rotatable bonds is 5. The van der Waals surface area contributed by atoms with E-state index < -0.39 is 0 Å². The summed E-state index contributed by atoms with van der Waals surface area (Å²) in [6.45, 7) is 12.0. The van der Waals surface area contributed by atoms with Crippen molar-refractivity contribution in [2.24, 2.45) is 5.92 Å². The van der Waals surface area contributed by atoms with Gasteiger partial charge in [-0.3, -0.25) is 0 Å². The lowest BCUT2D eigenvalue weighted by Gasteiger charge is -2.26. The molecular weight excluding hydrogens is 258 g/mol. The summed E-state index contributed by atoms with van der Waals surface area (Å²) in [5, 5.41) is 3.48. The van der Waals surface area contributed by atoms with Crippen LogP contribution in [0.25, 0.3) is 0 Å². The lowest BCUT2D eigenvalue weighted by Crippen LogP contribution is -2.26. The SMILES string of the molecule is Cc1nc(C2CCCC(C)C2)nc(C)c1CCNC(C)C. The van der Waals surface area contributed by atoms with Gasteiger partial charge in [0.1, 0.15) is 5.82 Å². The van der Waals surface area contributed by atoms with E-state index in [9.17, 15) is 0 Å². The second kappa shape index (κ2) is 7.35. The molecule has 1 heterocycles. The summed E-state index contributed by atoms with van der Waals surface area (Å²) in [6.07, 6.45) is 6.24. The van der Waals surface area contributed by atoms with Gasteiger partial charge in [-0.15, -0.1) is 0 Å². The van der Waals surface area contributed by atoms with Gasteiger partial charge in [0.05, 0.1) is 0 Å². The lowest BCUT2D eigenvalue weighted by atomic mass is 9.82. The second-order valence-corrected chi connectivity index (χ2v) is 7.06. The molecule has 3 nitrogen and oxygen atoms in total. The summed E-state index contributed by atoms with van der Waals surface area (Å²) < 4.78 is 0. The van der Waals surface area contributed by atoms with Gasteiger partial charge in [0, 0.05) is 23.3 Å². The molecule has 3 heteroatoms. The molecule has 1 aromatic heterocycles. The highest BCUT2D eigenvalue weighted by molar-refractivity contribution is 5.25. The van der Waals surface area contributed by atoms with Crippen LogP contribution in [0, 0.1) is 19.8 Å². The molecular formula is C18H31N3. The molecule has 0 bridgehead atoms. The zero-order valence-corrected chi connectivity index (χ0v) is 14.4. The summed E-state index contributed by atoms with van der Waals surface area (Å²) in [5.41, 5.74) is 3.69. The Labute approximate surface area is 130 Å². The Balaban J connectivity index is 2.09. The average molecular weight is 289 g/mol. The number of nitrogens with zero attached hydrogens (tertiary/aromatic N) is 2. The van der Waals surface area contributed by atoms with Gasteiger partial charge in [-0.05, 0) is 51.1 Å². The molecule has 1 fully saturated rings. The molecule has 1 aliphatic rings. The Kier molecular flexibility index (Phi) is 5.74. The fraction of sp³-hybridized carbons (Fsp3) is 0.778. The largest absolute Gasteiger partial charge is 0.314 e. The van der Waals surface area contributed by atoms with Crippen molar-refractivity contribution in [1.29, 1.82) is 0 Å². The fourth-order valence-electron chi connectivity index (χ4n) is 3.46. The molecule has 2 atom stereocenters. The van der Waals surface area contributed by atoms with Crippen molar-refractivity contribution in [3.8, 4) is 0 Å². The zero-order valence-electron chi connectivity index (χ0n) is 14.4. The smallest absolute Gasteiger partial charge is 0.131 e. The molecule has 118 valence electrons. The van der Waals surface area contributed by atoms with E-state index in [0.717, 1.165) is 24.7 Å². The van der Waals surface area contributed by atoms with Crippen LogP contribution in [-0.4, -0.2) is 22.6 Å². The van der Waals surface area contributed by atoms with Crippen molar-refractivity contribution in [1.82, 2.24) is 15.3 Å². The molecule has 21 heavy (non-hydrogen) atoms. The van der Waals surface area contributed by atoms with E-state index in [1.807, 2.05) is 0 Å². The molecule has 0 aliphatic heterocycles. The topological polar surface area (TPSA) is 37.8 Å². The highest BCUT2D eigenvalue weighted by atomic mass is 14.9. The molecule has 1 N–H and O–H groups in total. The van der Waals surface area contributed by atoms with Crippen LogP contribution in [0.15, 0.2) is 0 Å². The Morgan fingerprint density at radius 2 is 1.81 bits per heavy atom. The van der Waals surface area contributed by atoms with E-state index in [1.165, 1.54) is 42.6 Å². The van der Waals surface area contributed by atoms with Crippen molar-refractivity contribution in [3.05, 3.63) is 22.8 Å². The summed E-state index contributed by atoms with van der Waals surface area (Å²) in [5.74, 6) is 2.49. The standard InChI is InChI=1S/C18H31N3/c1-12(2)19-10-9-17-14(4)20-18(21-15(17)5)16-8-6-7-13(3)11-16/h12-13,16,19H,6-11H2,1-5H3. The second-order valence-electron chi connectivity index (χ2n) is 7.06. The molecule has 0 radical (unpaired) electrons. The van der Waals surface area contributed by atoms with Gasteiger partial charge in [0.2, 0.25) is 0 Å². The summed E-state index contributed by atoms with van der Waals surface area (Å²) in [7, 11) is 0. The molecule has 1 aliphatic carbocycles. The van der Waals surface area contributed by atoms with Gasteiger partial charge >= 0.3 is 0 Å². The third-order valence-corrected chi connectivity index (χ3v) is 4.67. The Morgan fingerprint density at radius 1 is 1.14 bits per heavy atom. The average Bonchev–Trinajstić information content (AvgIpc) is 2.41. The zero-order chi connectivity index (χ0) is 15.4. The highest BCUT2D eigenvalue weighted by Crippen LogP contribution is 2.34. The normalized spacial score (nSPS) is 22.8. The van der Waals surface area contributed by atoms with E-state index in [0.29, 0.717) is 12.0 Å². The van der Waals surface area contributed by atoms with Crippen LogP contribution in [0.3, 0.4) is 0 Å². The maximum atomic E-state index is 4.85. The Hall–Kier alpha value is -0.960. The van der Waals surface area contributed by atoms with E-state index in [-0.39, 0.29) is 0 Å². The van der Waals surface area contributed by atoms with Gasteiger partial charge in [-0.25, -0.2) is 9.97 Å². The van der Waals surface area contributed by atoms with E-state index >= 15 is 0 Å². The van der Waals surface area contributed by atoms with Crippen LogP contribution >= 0.6 is 0 Å². The predicted octanol–water partition coefficient (Wildman–Crippen LogP) is 3.93. The van der Waals surface area contributed by atoms with Crippen molar-refractivity contribution >= 4 is 0 Å². The molecule has 0 saturated heterocycles. The summed E-state index contributed by atoms with van der Waals surface area (Å²) >= 11 is 0. The van der Waals surface area contributed by atoms with Crippen LogP contribution in [0.4, 0.5) is 0 Å². The molecule has 1 aromatic rings. The van der Waals surface area contributed by atoms with Crippen molar-refractivity contribution in [3.63, 3.8) is 0 Å². The minimum Gasteiger partial charge on any atom is -0.314 e. The Bertz CT molecular complexity index is 445. The van der Waals surface area contributed by atoms with Crippen molar-refractivity contribution in [2.45, 2.75) is 78.7 Å². The molecule has 0 amide bonds. The van der Waals surface area contributed by atoms with Crippen LogP contribution < -0.4 is 5.32 Å². The van der Waals surface area contributed by atoms with Crippen LogP contribution in [0.1, 0.15) is 75.1 Å². The third kappa shape index (κ3) is 4.50. The first-order valence-corrected chi connectivity index (χ1v) is 8.54. The van der Waals surface area contributed by atoms with Crippen LogP contribution in [0.2, 0.25) is 0 Å². The molecule has 2 rings (SSSR count). The number of nitrogens with one attached hydrogen (secondary N) is 1. The number of hydrogen-bond donors (Lipinski definition) is 1. The monoisotopic (exact) mass is 289 g/mol. The predicted molar refractivity (Wildman–Crippen MR) is 88.7 cm³/mol. The quantitative estimate of drug-likeness (QED) is 0.892. The summed E-state index contributed by atoms with van der Waals surface area (Å²) in [4.78, 5) is 9.70. The van der Waals surface area contributed by atoms with E-state index in [2.05, 4.69) is 39.9 Å². The number of aryl methyl sites for hydroxylation is 2. The molecule has 1 saturated carbocycles. The fourth-order valence-corrected chi connectivity index (χ4v) is 3.46. The van der Waals surface area contributed by atoms with E-state index in [1.54, 1.807) is 0 Å². The molecule has 0 spiro atoms. The van der Waals surface area contributed by atoms with Gasteiger partial charge in [0.25, 0.3) is 0 Å². The first-order valence-electron chi connectivity index (χ1n) is 8.54. The van der Waals surface area contributed by atoms with Gasteiger partial charge in [-0.1, -0.05) is 33.6 Å². The van der Waals surface area contributed by atoms with Crippen LogP contribution in [-0.2, 0) is 6.42 Å². The number of hydrogen-bond acceptors (Lipinski definition) is 3. The van der Waals surface area contributed by atoms with Crippen LogP contribution in [0.5, 0.6) is 0 Å². The van der Waals surface area contributed by atoms with Crippen molar-refractivity contribution < 1.29 is 0 Å². The maximum absolute atomic E-state index is 4.85. The molecule has 0 aromatic carbocycles. The molecule has 2 unspecified atom stereocenters. The summed E-state index contributed by atoms with van der Waals surface area (Å²) in [6, 6.07) is 0.537. The Morgan fingerprint density at radius 3 is 2.38 bits per heavy atom. The van der Waals surface area contributed by atoms with Gasteiger partial charge in [0.15, 0.2) is 0 Å². The minimum absolute atomic E-state index is 0.537. The first-order chi connectivity index (χ1) is 9.97. The minimum atomic E-state index is 0.537. The van der Waals surface area contributed by atoms with E-state index in [4.69, 9.17) is 9.97 Å². The maximum Gasteiger partial charge on any atom is 0.131 e. The van der Waals surface area contributed by atoms with Gasteiger partial charge < -0.3 is 5.32 Å². The first kappa shape index (κ1) is 16.4. The number of aromatic nitrogens is 2. The van der Waals surface area contributed by atoms with Gasteiger partial charge in [-0.2, -0.15) is 0 Å².